The minimum atomic E-state index is 0.117. The molecule has 2 rings (SSSR count). The molecule has 0 fully saturated rings. The second-order valence-electron chi connectivity index (χ2n) is 6.76. The monoisotopic (exact) mass is 306 g/mol. The molecule has 0 aliphatic heterocycles. The quantitative estimate of drug-likeness (QED) is 0.881. The van der Waals surface area contributed by atoms with Gasteiger partial charge in [-0.15, -0.1) is 11.3 Å². The largest absolute Gasteiger partial charge is 0.466 e. The van der Waals surface area contributed by atoms with E-state index in [0.717, 1.165) is 23.8 Å². The fourth-order valence-electron chi connectivity index (χ4n) is 2.35. The molecule has 3 nitrogen and oxygen atoms in total. The molecule has 21 heavy (non-hydrogen) atoms. The van der Waals surface area contributed by atoms with Crippen LogP contribution in [0.4, 0.5) is 0 Å². The van der Waals surface area contributed by atoms with E-state index in [-0.39, 0.29) is 5.41 Å². The van der Waals surface area contributed by atoms with Crippen molar-refractivity contribution in [3.8, 4) is 0 Å². The van der Waals surface area contributed by atoms with Crippen LogP contribution in [-0.2, 0) is 12.0 Å². The van der Waals surface area contributed by atoms with E-state index in [1.165, 1.54) is 15.4 Å². The predicted molar refractivity (Wildman–Crippen MR) is 89.0 cm³/mol. The summed E-state index contributed by atoms with van der Waals surface area (Å²) in [6.45, 7) is 15.8. The van der Waals surface area contributed by atoms with Crippen molar-refractivity contribution in [2.45, 2.75) is 66.5 Å². The third kappa shape index (κ3) is 3.74. The number of thiazole rings is 1. The lowest BCUT2D eigenvalue weighted by atomic mass is 9.98. The molecule has 2 aromatic rings. The van der Waals surface area contributed by atoms with Crippen LogP contribution in [0.3, 0.4) is 0 Å². The van der Waals surface area contributed by atoms with Crippen LogP contribution in [0.2, 0.25) is 0 Å². The zero-order valence-corrected chi connectivity index (χ0v) is 14.9. The number of hydrogen-bond donors (Lipinski definition) is 1. The maximum absolute atomic E-state index is 5.58. The van der Waals surface area contributed by atoms with Gasteiger partial charge in [0.1, 0.15) is 11.5 Å². The van der Waals surface area contributed by atoms with Crippen molar-refractivity contribution in [2.75, 3.05) is 0 Å². The van der Waals surface area contributed by atoms with Gasteiger partial charge in [-0.2, -0.15) is 0 Å². The molecule has 4 heteroatoms. The Morgan fingerprint density at radius 2 is 1.95 bits per heavy atom. The van der Waals surface area contributed by atoms with Crippen LogP contribution in [0.5, 0.6) is 0 Å². The summed E-state index contributed by atoms with van der Waals surface area (Å²) in [6, 6.07) is 2.41. The van der Waals surface area contributed by atoms with Crippen LogP contribution in [0.25, 0.3) is 0 Å². The third-order valence-electron chi connectivity index (χ3n) is 3.61. The lowest BCUT2D eigenvalue weighted by molar-refractivity contribution is 0.495. The predicted octanol–water partition coefficient (Wildman–Crippen LogP) is 4.81. The van der Waals surface area contributed by atoms with Gasteiger partial charge < -0.3 is 9.73 Å². The van der Waals surface area contributed by atoms with Crippen LogP contribution in [0.15, 0.2) is 10.5 Å². The smallest absolute Gasteiger partial charge is 0.105 e. The summed E-state index contributed by atoms with van der Waals surface area (Å²) in [6.07, 6.45) is 0. The summed E-state index contributed by atoms with van der Waals surface area (Å²) in [4.78, 5) is 6.07. The Labute approximate surface area is 131 Å². The first-order valence-corrected chi connectivity index (χ1v) is 8.27. The first kappa shape index (κ1) is 16.2. The third-order valence-corrected chi connectivity index (χ3v) is 5.38. The summed E-state index contributed by atoms with van der Waals surface area (Å²) in [5.74, 6) is 1.98. The molecule has 2 aromatic heterocycles. The Bertz CT molecular complexity index is 619. The standard InChI is InChI=1S/C17H26N2OS/c1-10-8-14(13(4)20-10)9-18-11(2)15-12(3)19-16(21-15)17(5,6)7/h8,11,18H,9H2,1-7H3/t11-/m1/s1. The minimum absolute atomic E-state index is 0.117. The molecule has 0 radical (unpaired) electrons. The topological polar surface area (TPSA) is 38.1 Å². The van der Waals surface area contributed by atoms with Gasteiger partial charge in [-0.3, -0.25) is 0 Å². The van der Waals surface area contributed by atoms with Crippen LogP contribution in [-0.4, -0.2) is 4.98 Å². The molecule has 0 amide bonds. The molecule has 1 N–H and O–H groups in total. The highest BCUT2D eigenvalue weighted by atomic mass is 32.1. The van der Waals surface area contributed by atoms with E-state index in [1.54, 1.807) is 0 Å². The summed E-state index contributed by atoms with van der Waals surface area (Å²) in [7, 11) is 0. The number of nitrogens with one attached hydrogen (secondary N) is 1. The Balaban J connectivity index is 2.08. The molecule has 0 spiro atoms. The highest BCUT2D eigenvalue weighted by Gasteiger charge is 2.22. The van der Waals surface area contributed by atoms with Crippen molar-refractivity contribution in [2.24, 2.45) is 0 Å². The van der Waals surface area contributed by atoms with Gasteiger partial charge in [0.2, 0.25) is 0 Å². The van der Waals surface area contributed by atoms with Crippen molar-refractivity contribution in [1.82, 2.24) is 10.3 Å². The van der Waals surface area contributed by atoms with E-state index >= 15 is 0 Å². The summed E-state index contributed by atoms with van der Waals surface area (Å²) in [5.41, 5.74) is 2.49. The SMILES string of the molecule is Cc1cc(CN[C@H](C)c2sc(C(C)(C)C)nc2C)c(C)o1. The summed E-state index contributed by atoms with van der Waals surface area (Å²) in [5, 5.41) is 4.79. The van der Waals surface area contributed by atoms with Crippen molar-refractivity contribution in [1.29, 1.82) is 0 Å². The van der Waals surface area contributed by atoms with Gasteiger partial charge in [-0.25, -0.2) is 4.98 Å². The van der Waals surface area contributed by atoms with Gasteiger partial charge in [0.25, 0.3) is 0 Å². The van der Waals surface area contributed by atoms with Gasteiger partial charge >= 0.3 is 0 Å². The molecule has 0 aliphatic carbocycles. The second-order valence-corrected chi connectivity index (χ2v) is 7.79. The number of aromatic nitrogens is 1. The normalized spacial score (nSPS) is 13.7. The van der Waals surface area contributed by atoms with Gasteiger partial charge in [0.05, 0.1) is 10.7 Å². The van der Waals surface area contributed by atoms with E-state index in [0.29, 0.717) is 6.04 Å². The second kappa shape index (κ2) is 5.93. The van der Waals surface area contributed by atoms with Crippen LogP contribution in [0, 0.1) is 20.8 Å². The van der Waals surface area contributed by atoms with Gasteiger partial charge in [-0.1, -0.05) is 20.8 Å². The van der Waals surface area contributed by atoms with Crippen molar-refractivity contribution in [3.05, 3.63) is 38.7 Å². The molecule has 1 atom stereocenters. The number of hydrogen-bond acceptors (Lipinski definition) is 4. The minimum Gasteiger partial charge on any atom is -0.466 e. The molecule has 0 aliphatic rings. The van der Waals surface area contributed by atoms with E-state index in [2.05, 4.69) is 46.0 Å². The summed E-state index contributed by atoms with van der Waals surface area (Å²) < 4.78 is 5.58. The number of furan rings is 1. The van der Waals surface area contributed by atoms with Crippen LogP contribution < -0.4 is 5.32 Å². The van der Waals surface area contributed by atoms with E-state index in [4.69, 9.17) is 9.40 Å². The van der Waals surface area contributed by atoms with Gasteiger partial charge in [0.15, 0.2) is 0 Å². The first-order valence-electron chi connectivity index (χ1n) is 7.45. The van der Waals surface area contributed by atoms with Crippen molar-refractivity contribution in [3.63, 3.8) is 0 Å². The van der Waals surface area contributed by atoms with E-state index < -0.39 is 0 Å². The number of nitrogens with zero attached hydrogens (tertiary/aromatic N) is 1. The molecule has 2 heterocycles. The number of rotatable bonds is 4. The zero-order valence-electron chi connectivity index (χ0n) is 14.1. The van der Waals surface area contributed by atoms with Crippen molar-refractivity contribution >= 4 is 11.3 Å². The molecular weight excluding hydrogens is 280 g/mol. The molecule has 0 saturated carbocycles. The summed E-state index contributed by atoms with van der Waals surface area (Å²) >= 11 is 1.82. The van der Waals surface area contributed by atoms with Crippen molar-refractivity contribution < 1.29 is 4.42 Å². The molecule has 116 valence electrons. The Morgan fingerprint density at radius 3 is 2.43 bits per heavy atom. The average molecular weight is 306 g/mol. The number of aryl methyl sites for hydroxylation is 3. The van der Waals surface area contributed by atoms with Crippen LogP contribution >= 0.6 is 11.3 Å². The average Bonchev–Trinajstić information content (AvgIpc) is 2.89. The maximum atomic E-state index is 5.58. The van der Waals surface area contributed by atoms with E-state index in [1.807, 2.05) is 25.2 Å². The first-order chi connectivity index (χ1) is 9.68. The Kier molecular flexibility index (Phi) is 4.59. The Morgan fingerprint density at radius 1 is 1.29 bits per heavy atom. The lowest BCUT2D eigenvalue weighted by Gasteiger charge is -2.14. The fraction of sp³-hybridized carbons (Fsp3) is 0.588. The molecule has 0 unspecified atom stereocenters. The van der Waals surface area contributed by atoms with E-state index in [9.17, 15) is 0 Å². The van der Waals surface area contributed by atoms with Gasteiger partial charge in [-0.05, 0) is 33.8 Å². The fourth-order valence-corrected chi connectivity index (χ4v) is 3.50. The Hall–Kier alpha value is -1.13. The van der Waals surface area contributed by atoms with Gasteiger partial charge in [0, 0.05) is 28.4 Å². The highest BCUT2D eigenvalue weighted by molar-refractivity contribution is 7.12. The lowest BCUT2D eigenvalue weighted by Crippen LogP contribution is -2.18. The molecule has 0 saturated heterocycles. The molecular formula is C17H26N2OS. The molecule has 0 bridgehead atoms. The molecule has 0 aromatic carbocycles. The zero-order chi connectivity index (χ0) is 15.8. The highest BCUT2D eigenvalue weighted by Crippen LogP contribution is 2.32. The maximum Gasteiger partial charge on any atom is 0.105 e. The van der Waals surface area contributed by atoms with Crippen LogP contribution in [0.1, 0.15) is 66.4 Å².